The molecule has 2 N–H and O–H groups in total. The molecule has 1 aliphatic rings. The van der Waals surface area contributed by atoms with Crippen LogP contribution in [0.3, 0.4) is 0 Å². The third-order valence-electron chi connectivity index (χ3n) is 3.56. The molecule has 0 spiro atoms. The van der Waals surface area contributed by atoms with Crippen LogP contribution in [0.25, 0.3) is 0 Å². The summed E-state index contributed by atoms with van der Waals surface area (Å²) in [6.45, 7) is 0. The van der Waals surface area contributed by atoms with E-state index in [1.165, 1.54) is 12.1 Å². The molecule has 1 aliphatic carbocycles. The number of hydrogen-bond acceptors (Lipinski definition) is 5. The smallest absolute Gasteiger partial charge is 0.306 e. The minimum atomic E-state index is -3.69. The fraction of sp³-hybridized carbons (Fsp3) is 0.462. The lowest BCUT2D eigenvalue weighted by atomic mass is 9.87. The van der Waals surface area contributed by atoms with Gasteiger partial charge in [0.25, 0.3) is 0 Å². The Balaban J connectivity index is 2.01. The number of sulfonamides is 1. The highest BCUT2D eigenvalue weighted by Crippen LogP contribution is 2.25. The van der Waals surface area contributed by atoms with Gasteiger partial charge in [0.1, 0.15) is 16.7 Å². The Labute approximate surface area is 122 Å². The molecule has 1 fully saturated rings. The Kier molecular flexibility index (Phi) is 4.55. The molecule has 0 unspecified atom stereocenters. The van der Waals surface area contributed by atoms with Crippen molar-refractivity contribution in [1.82, 2.24) is 9.71 Å². The summed E-state index contributed by atoms with van der Waals surface area (Å²) in [4.78, 5) is 14.6. The van der Waals surface area contributed by atoms with Gasteiger partial charge in [0.15, 0.2) is 0 Å². The van der Waals surface area contributed by atoms with E-state index in [4.69, 9.17) is 10.4 Å². The number of hydrogen-bond donors (Lipinski definition) is 2. The highest BCUT2D eigenvalue weighted by atomic mass is 32.2. The van der Waals surface area contributed by atoms with Gasteiger partial charge in [-0.05, 0) is 37.8 Å². The largest absolute Gasteiger partial charge is 0.481 e. The first kappa shape index (κ1) is 15.4. The van der Waals surface area contributed by atoms with Crippen LogP contribution in [0.1, 0.15) is 31.4 Å². The number of nitriles is 1. The fourth-order valence-electron chi connectivity index (χ4n) is 2.35. The third-order valence-corrected chi connectivity index (χ3v) is 5.07. The minimum absolute atomic E-state index is 0.00172. The van der Waals surface area contributed by atoms with Crippen molar-refractivity contribution in [2.45, 2.75) is 36.6 Å². The average Bonchev–Trinajstić information content (AvgIpc) is 2.47. The molecule has 1 aromatic heterocycles. The number of nitrogens with one attached hydrogen (secondary N) is 1. The Morgan fingerprint density at radius 3 is 2.48 bits per heavy atom. The van der Waals surface area contributed by atoms with Gasteiger partial charge in [0, 0.05) is 12.2 Å². The second-order valence-electron chi connectivity index (χ2n) is 5.00. The Morgan fingerprint density at radius 1 is 1.33 bits per heavy atom. The highest BCUT2D eigenvalue weighted by Gasteiger charge is 2.28. The summed E-state index contributed by atoms with van der Waals surface area (Å²) in [6.07, 6.45) is 3.08. The summed E-state index contributed by atoms with van der Waals surface area (Å²) in [5.74, 6) is -1.21. The zero-order valence-corrected chi connectivity index (χ0v) is 12.0. The first-order valence-electron chi connectivity index (χ1n) is 6.53. The van der Waals surface area contributed by atoms with E-state index < -0.39 is 16.0 Å². The van der Waals surface area contributed by atoms with Gasteiger partial charge in [-0.3, -0.25) is 4.79 Å². The quantitative estimate of drug-likeness (QED) is 0.851. The van der Waals surface area contributed by atoms with Crippen LogP contribution in [-0.4, -0.2) is 30.5 Å². The molecule has 0 saturated heterocycles. The van der Waals surface area contributed by atoms with E-state index in [2.05, 4.69) is 9.71 Å². The zero-order chi connectivity index (χ0) is 15.5. The Morgan fingerprint density at radius 2 is 2.00 bits per heavy atom. The number of carbonyl (C=O) groups is 1. The number of carboxylic acids is 1. The summed E-state index contributed by atoms with van der Waals surface area (Å²) in [6, 6.07) is 4.23. The van der Waals surface area contributed by atoms with Crippen LogP contribution < -0.4 is 4.72 Å². The van der Waals surface area contributed by atoms with Crippen molar-refractivity contribution in [2.75, 3.05) is 0 Å². The van der Waals surface area contributed by atoms with Crippen LogP contribution in [0.4, 0.5) is 0 Å². The molecule has 0 radical (unpaired) electrons. The van der Waals surface area contributed by atoms with Crippen molar-refractivity contribution in [3.8, 4) is 6.07 Å². The molecular formula is C13H15N3O4S. The second kappa shape index (κ2) is 6.20. The maximum absolute atomic E-state index is 12.2. The molecular weight excluding hydrogens is 294 g/mol. The molecule has 112 valence electrons. The molecule has 8 heteroatoms. The van der Waals surface area contributed by atoms with Crippen LogP contribution >= 0.6 is 0 Å². The monoisotopic (exact) mass is 309 g/mol. The van der Waals surface area contributed by atoms with Crippen LogP contribution in [0.15, 0.2) is 23.2 Å². The van der Waals surface area contributed by atoms with Crippen molar-refractivity contribution >= 4 is 16.0 Å². The van der Waals surface area contributed by atoms with E-state index >= 15 is 0 Å². The van der Waals surface area contributed by atoms with Gasteiger partial charge < -0.3 is 5.11 Å². The second-order valence-corrected chi connectivity index (χ2v) is 6.71. The number of rotatable bonds is 4. The van der Waals surface area contributed by atoms with Crippen LogP contribution in [0.5, 0.6) is 0 Å². The summed E-state index contributed by atoms with van der Waals surface area (Å²) in [7, 11) is -3.69. The minimum Gasteiger partial charge on any atom is -0.481 e. The van der Waals surface area contributed by atoms with E-state index in [1.807, 2.05) is 6.07 Å². The normalized spacial score (nSPS) is 22.4. The lowest BCUT2D eigenvalue weighted by Gasteiger charge is -2.26. The highest BCUT2D eigenvalue weighted by molar-refractivity contribution is 7.89. The van der Waals surface area contributed by atoms with E-state index in [9.17, 15) is 13.2 Å². The molecule has 1 saturated carbocycles. The number of pyridine rings is 1. The molecule has 7 nitrogen and oxygen atoms in total. The molecule has 2 rings (SSSR count). The van der Waals surface area contributed by atoms with E-state index in [0.29, 0.717) is 25.7 Å². The Bertz CT molecular complexity index is 656. The van der Waals surface area contributed by atoms with E-state index in [1.54, 1.807) is 0 Å². The summed E-state index contributed by atoms with van der Waals surface area (Å²) < 4.78 is 26.9. The maximum Gasteiger partial charge on any atom is 0.306 e. The first-order valence-corrected chi connectivity index (χ1v) is 8.02. The maximum atomic E-state index is 12.2. The predicted molar refractivity (Wildman–Crippen MR) is 72.7 cm³/mol. The number of carboxylic acid groups (broad SMARTS) is 1. The lowest BCUT2D eigenvalue weighted by Crippen LogP contribution is -2.38. The van der Waals surface area contributed by atoms with Gasteiger partial charge in [-0.2, -0.15) is 5.26 Å². The van der Waals surface area contributed by atoms with Crippen molar-refractivity contribution < 1.29 is 18.3 Å². The standard InChI is InChI=1S/C13H15N3O4S/c14-7-11-5-6-12(8-15-11)21(19,20)16-10-3-1-9(2-4-10)13(17)18/h5-6,8-10,16H,1-4H2,(H,17,18). The number of nitrogens with zero attached hydrogens (tertiary/aromatic N) is 2. The summed E-state index contributed by atoms with van der Waals surface area (Å²) in [5.41, 5.74) is 0.149. The fourth-order valence-corrected chi connectivity index (χ4v) is 3.60. The Hall–Kier alpha value is -1.98. The van der Waals surface area contributed by atoms with Gasteiger partial charge in [-0.25, -0.2) is 18.1 Å². The molecule has 21 heavy (non-hydrogen) atoms. The van der Waals surface area contributed by atoms with Crippen LogP contribution in [-0.2, 0) is 14.8 Å². The van der Waals surface area contributed by atoms with Gasteiger partial charge in [0.2, 0.25) is 10.0 Å². The van der Waals surface area contributed by atoms with E-state index in [0.717, 1.165) is 6.20 Å². The third kappa shape index (κ3) is 3.77. The van der Waals surface area contributed by atoms with E-state index in [-0.39, 0.29) is 22.5 Å². The molecule has 0 atom stereocenters. The average molecular weight is 309 g/mol. The molecule has 1 heterocycles. The molecule has 0 aromatic carbocycles. The predicted octanol–water partition coefficient (Wildman–Crippen LogP) is 0.875. The van der Waals surface area contributed by atoms with Gasteiger partial charge in [-0.1, -0.05) is 0 Å². The zero-order valence-electron chi connectivity index (χ0n) is 11.2. The van der Waals surface area contributed by atoms with Crippen LogP contribution in [0, 0.1) is 17.2 Å². The molecule has 0 aliphatic heterocycles. The van der Waals surface area contributed by atoms with Crippen LogP contribution in [0.2, 0.25) is 0 Å². The summed E-state index contributed by atoms with van der Waals surface area (Å²) in [5, 5.41) is 17.5. The van der Waals surface area contributed by atoms with Gasteiger partial charge in [-0.15, -0.1) is 0 Å². The van der Waals surface area contributed by atoms with Crippen molar-refractivity contribution in [1.29, 1.82) is 5.26 Å². The van der Waals surface area contributed by atoms with Gasteiger partial charge in [0.05, 0.1) is 5.92 Å². The molecule has 0 amide bonds. The van der Waals surface area contributed by atoms with Gasteiger partial charge >= 0.3 is 5.97 Å². The van der Waals surface area contributed by atoms with Crippen molar-refractivity contribution in [3.63, 3.8) is 0 Å². The summed E-state index contributed by atoms with van der Waals surface area (Å²) >= 11 is 0. The molecule has 0 bridgehead atoms. The number of aromatic nitrogens is 1. The lowest BCUT2D eigenvalue weighted by molar-refractivity contribution is -0.142. The molecule has 1 aromatic rings. The topological polar surface area (TPSA) is 120 Å². The SMILES string of the molecule is N#Cc1ccc(S(=O)(=O)NC2CCC(C(=O)O)CC2)cn1. The van der Waals surface area contributed by atoms with Crippen molar-refractivity contribution in [2.24, 2.45) is 5.92 Å². The van der Waals surface area contributed by atoms with Crippen molar-refractivity contribution in [3.05, 3.63) is 24.0 Å². The number of aliphatic carboxylic acids is 1. The first-order chi connectivity index (χ1) is 9.92.